The minimum Gasteiger partial charge on any atom is -0.422 e. The number of hydrogen-bond acceptors (Lipinski definition) is 7. The van der Waals surface area contributed by atoms with Gasteiger partial charge in [-0.2, -0.15) is 0 Å². The highest BCUT2D eigenvalue weighted by atomic mass is 28.3. The summed E-state index contributed by atoms with van der Waals surface area (Å²) in [5, 5.41) is 0. The Balaban J connectivity index is 0.000000296. The van der Waals surface area contributed by atoms with Crippen molar-refractivity contribution in [3.8, 4) is 0 Å². The average Bonchev–Trinajstić information content (AvgIpc) is 3.40. The van der Waals surface area contributed by atoms with Crippen LogP contribution in [0.4, 0.5) is 0 Å². The quantitative estimate of drug-likeness (QED) is 0.303. The average molecular weight is 445 g/mol. The molecule has 0 N–H and O–H groups in total. The second kappa shape index (κ2) is 17.0. The lowest BCUT2D eigenvalue weighted by Gasteiger charge is -2.23. The van der Waals surface area contributed by atoms with Gasteiger partial charge in [-0.3, -0.25) is 9.98 Å². The smallest absolute Gasteiger partial charge is 0.324 e. The molecule has 0 fully saturated rings. The predicted molar refractivity (Wildman–Crippen MR) is 128 cm³/mol. The standard InChI is InChI=1S/C11H24N2O2Si.C9H20N2OSi/c1-4-14-16(15-5-2)11(3)6-8-13-9-7-12-10-13;1-9(2)12-13-7-3-5-11-6-4-10-8-11/h10-11,16H,4-9H2,1-3H3;8-9H,3-7,13H2,1-2H3. The summed E-state index contributed by atoms with van der Waals surface area (Å²) in [6.45, 7) is 18.5. The van der Waals surface area contributed by atoms with Crippen molar-refractivity contribution in [3.63, 3.8) is 0 Å². The molecule has 2 aliphatic rings. The Bertz CT molecular complexity index is 449. The van der Waals surface area contributed by atoms with Gasteiger partial charge in [0, 0.05) is 45.5 Å². The van der Waals surface area contributed by atoms with E-state index >= 15 is 0 Å². The van der Waals surface area contributed by atoms with E-state index in [4.69, 9.17) is 13.3 Å². The van der Waals surface area contributed by atoms with E-state index in [-0.39, 0.29) is 9.76 Å². The van der Waals surface area contributed by atoms with Gasteiger partial charge in [0.25, 0.3) is 0 Å². The lowest BCUT2D eigenvalue weighted by molar-refractivity contribution is 0.202. The highest BCUT2D eigenvalue weighted by Gasteiger charge is 2.22. The molecule has 2 heterocycles. The molecule has 0 amide bonds. The molecule has 0 spiro atoms. The molecule has 1 atom stereocenters. The maximum atomic E-state index is 5.72. The monoisotopic (exact) mass is 444 g/mol. The first-order valence-electron chi connectivity index (χ1n) is 11.4. The summed E-state index contributed by atoms with van der Waals surface area (Å²) >= 11 is 0. The van der Waals surface area contributed by atoms with Gasteiger partial charge >= 0.3 is 9.28 Å². The van der Waals surface area contributed by atoms with Crippen molar-refractivity contribution < 1.29 is 13.3 Å². The fourth-order valence-corrected chi connectivity index (χ4v) is 6.02. The van der Waals surface area contributed by atoms with Gasteiger partial charge in [-0.25, -0.2) is 0 Å². The molecule has 0 aromatic carbocycles. The van der Waals surface area contributed by atoms with Crippen LogP contribution in [0.3, 0.4) is 0 Å². The molecule has 0 bridgehead atoms. The number of nitrogens with zero attached hydrogens (tertiary/aromatic N) is 4. The van der Waals surface area contributed by atoms with Crippen molar-refractivity contribution in [1.29, 1.82) is 0 Å². The van der Waals surface area contributed by atoms with Gasteiger partial charge in [0.15, 0.2) is 9.76 Å². The number of aliphatic imine (C=N–C) groups is 2. The summed E-state index contributed by atoms with van der Waals surface area (Å²) in [5.41, 5.74) is 0.564. The summed E-state index contributed by atoms with van der Waals surface area (Å²) in [5.74, 6) is 0. The molecule has 1 unspecified atom stereocenters. The van der Waals surface area contributed by atoms with Crippen molar-refractivity contribution >= 4 is 31.7 Å². The minimum absolute atomic E-state index is 0.245. The highest BCUT2D eigenvalue weighted by Crippen LogP contribution is 2.17. The fourth-order valence-electron chi connectivity index (χ4n) is 3.12. The second-order valence-electron chi connectivity index (χ2n) is 7.79. The minimum atomic E-state index is -1.46. The third-order valence-electron chi connectivity index (χ3n) is 4.81. The molecular formula is C20H44N4O3Si2. The Kier molecular flexibility index (Phi) is 15.4. The van der Waals surface area contributed by atoms with Gasteiger partial charge < -0.3 is 23.1 Å². The maximum Gasteiger partial charge on any atom is 0.324 e. The van der Waals surface area contributed by atoms with E-state index in [1.165, 1.54) is 12.5 Å². The zero-order valence-electron chi connectivity index (χ0n) is 19.4. The Hall–Kier alpha value is -0.746. The molecule has 9 heteroatoms. The fraction of sp³-hybridized carbons (Fsp3) is 0.900. The number of rotatable bonds is 14. The summed E-state index contributed by atoms with van der Waals surface area (Å²) in [6, 6.07) is 1.29. The van der Waals surface area contributed by atoms with E-state index in [0.717, 1.165) is 58.9 Å². The first-order chi connectivity index (χ1) is 14.1. The van der Waals surface area contributed by atoms with Gasteiger partial charge in [0.05, 0.1) is 25.8 Å². The Labute approximate surface area is 182 Å². The Morgan fingerprint density at radius 3 is 2.03 bits per heavy atom. The van der Waals surface area contributed by atoms with Crippen LogP contribution in [0.25, 0.3) is 0 Å². The summed E-state index contributed by atoms with van der Waals surface area (Å²) in [7, 11) is -1.70. The molecule has 0 aromatic rings. The van der Waals surface area contributed by atoms with Crippen LogP contribution in [0.2, 0.25) is 11.6 Å². The van der Waals surface area contributed by atoms with Crippen LogP contribution in [0.5, 0.6) is 0 Å². The molecule has 2 aliphatic heterocycles. The van der Waals surface area contributed by atoms with Crippen LogP contribution in [0, 0.1) is 0 Å². The van der Waals surface area contributed by atoms with E-state index in [1.807, 2.05) is 26.5 Å². The van der Waals surface area contributed by atoms with Crippen LogP contribution < -0.4 is 0 Å². The van der Waals surface area contributed by atoms with E-state index in [1.54, 1.807) is 0 Å². The summed E-state index contributed by atoms with van der Waals surface area (Å²) in [4.78, 5) is 13.0. The largest absolute Gasteiger partial charge is 0.422 e. The van der Waals surface area contributed by atoms with Crippen LogP contribution in [-0.4, -0.2) is 100 Å². The molecule has 0 aliphatic carbocycles. The van der Waals surface area contributed by atoms with Gasteiger partial charge in [0.1, 0.15) is 0 Å². The van der Waals surface area contributed by atoms with E-state index in [0.29, 0.717) is 11.6 Å². The van der Waals surface area contributed by atoms with E-state index in [9.17, 15) is 0 Å². The van der Waals surface area contributed by atoms with Crippen molar-refractivity contribution in [2.45, 2.75) is 65.1 Å². The predicted octanol–water partition coefficient (Wildman–Crippen LogP) is 2.05. The van der Waals surface area contributed by atoms with Gasteiger partial charge in [-0.05, 0) is 52.1 Å². The van der Waals surface area contributed by atoms with E-state index < -0.39 is 9.28 Å². The van der Waals surface area contributed by atoms with Gasteiger partial charge in [-0.15, -0.1) is 0 Å². The van der Waals surface area contributed by atoms with Crippen LogP contribution in [-0.2, 0) is 13.3 Å². The van der Waals surface area contributed by atoms with Crippen molar-refractivity contribution in [2.24, 2.45) is 9.98 Å². The third kappa shape index (κ3) is 13.2. The first-order valence-corrected chi connectivity index (χ1v) is 14.6. The summed E-state index contributed by atoms with van der Waals surface area (Å²) in [6.07, 6.45) is 6.78. The van der Waals surface area contributed by atoms with Crippen LogP contribution in [0.15, 0.2) is 9.98 Å². The zero-order chi connectivity index (χ0) is 21.3. The molecule has 0 radical (unpaired) electrons. The van der Waals surface area contributed by atoms with Crippen molar-refractivity contribution in [1.82, 2.24) is 9.80 Å². The molecule has 29 heavy (non-hydrogen) atoms. The Morgan fingerprint density at radius 1 is 0.966 bits per heavy atom. The topological polar surface area (TPSA) is 58.9 Å². The zero-order valence-corrected chi connectivity index (χ0v) is 22.0. The van der Waals surface area contributed by atoms with Crippen molar-refractivity contribution in [2.75, 3.05) is 52.5 Å². The highest BCUT2D eigenvalue weighted by molar-refractivity contribution is 6.46. The summed E-state index contributed by atoms with van der Waals surface area (Å²) < 4.78 is 17.0. The first kappa shape index (κ1) is 26.3. The lowest BCUT2D eigenvalue weighted by Crippen LogP contribution is -2.31. The van der Waals surface area contributed by atoms with Crippen molar-refractivity contribution in [3.05, 3.63) is 0 Å². The van der Waals surface area contributed by atoms with Crippen LogP contribution in [0.1, 0.15) is 47.5 Å². The number of hydrogen-bond donors (Lipinski definition) is 0. The Morgan fingerprint density at radius 2 is 1.55 bits per heavy atom. The molecule has 0 aromatic heterocycles. The molecule has 170 valence electrons. The molecule has 2 rings (SSSR count). The van der Waals surface area contributed by atoms with Crippen LogP contribution >= 0.6 is 0 Å². The molecule has 0 saturated heterocycles. The lowest BCUT2D eigenvalue weighted by atomic mass is 10.3. The maximum absolute atomic E-state index is 5.72. The van der Waals surface area contributed by atoms with E-state index in [2.05, 4.69) is 40.6 Å². The SMILES string of the molecule is CC(C)O[SiH2]CCCN1C=NCC1.CCO[SiH](OCC)C(C)CCN1C=NCC1. The normalized spacial score (nSPS) is 17.2. The molecule has 7 nitrogen and oxygen atoms in total. The molecular weight excluding hydrogens is 400 g/mol. The second-order valence-corrected chi connectivity index (χ2v) is 11.8. The van der Waals surface area contributed by atoms with Gasteiger partial charge in [0.2, 0.25) is 0 Å². The van der Waals surface area contributed by atoms with Gasteiger partial charge in [-0.1, -0.05) is 6.92 Å². The third-order valence-corrected chi connectivity index (χ3v) is 9.09. The molecule has 0 saturated carbocycles.